The number of rotatable bonds is 9. The summed E-state index contributed by atoms with van der Waals surface area (Å²) in [5, 5.41) is 5.44. The Labute approximate surface area is 235 Å². The summed E-state index contributed by atoms with van der Waals surface area (Å²) >= 11 is 5.99. The summed E-state index contributed by atoms with van der Waals surface area (Å²) in [7, 11) is 0. The van der Waals surface area contributed by atoms with Crippen molar-refractivity contribution in [2.45, 2.75) is 92.0 Å². The van der Waals surface area contributed by atoms with Crippen molar-refractivity contribution in [1.29, 1.82) is 0 Å². The van der Waals surface area contributed by atoms with Gasteiger partial charge in [-0.1, -0.05) is 50.6 Å². The Hall–Kier alpha value is -3.13. The van der Waals surface area contributed by atoms with Gasteiger partial charge in [-0.25, -0.2) is 14.0 Å². The molecule has 0 spiro atoms. The third-order valence-corrected chi connectivity index (χ3v) is 5.88. The van der Waals surface area contributed by atoms with E-state index in [0.717, 1.165) is 18.1 Å². The molecule has 0 aliphatic heterocycles. The molecule has 2 N–H and O–H groups in total. The second kappa shape index (κ2) is 13.3. The van der Waals surface area contributed by atoms with Gasteiger partial charge in [0.25, 0.3) is 0 Å². The van der Waals surface area contributed by atoms with Crippen LogP contribution in [0.1, 0.15) is 102 Å². The molecule has 9 heteroatoms. The SMILES string of the molecule is CC(C)OC(=O)c1ccc([C@@H](CCC(C)(C)C)NC(=O)C(NC(=O)OC(C)(C)C)c2ccc(F)c(Cl)c2)cc1. The Morgan fingerprint density at radius 3 is 2.03 bits per heavy atom. The van der Waals surface area contributed by atoms with Crippen LogP contribution >= 0.6 is 11.6 Å². The largest absolute Gasteiger partial charge is 0.459 e. The van der Waals surface area contributed by atoms with Crippen LogP contribution in [0, 0.1) is 11.2 Å². The van der Waals surface area contributed by atoms with Crippen LogP contribution < -0.4 is 10.6 Å². The molecule has 0 saturated carbocycles. The minimum absolute atomic E-state index is 0.0113. The summed E-state index contributed by atoms with van der Waals surface area (Å²) in [6, 6.07) is 9.06. The van der Waals surface area contributed by atoms with Crippen LogP contribution in [-0.2, 0) is 14.3 Å². The minimum Gasteiger partial charge on any atom is -0.459 e. The molecule has 1 unspecified atom stereocenters. The maximum atomic E-state index is 13.9. The van der Waals surface area contributed by atoms with Crippen molar-refractivity contribution >= 4 is 29.6 Å². The number of carbonyl (C=O) groups is 3. The Morgan fingerprint density at radius 1 is 0.923 bits per heavy atom. The zero-order valence-electron chi connectivity index (χ0n) is 24.0. The quantitative estimate of drug-likeness (QED) is 0.313. The summed E-state index contributed by atoms with van der Waals surface area (Å²) in [6.07, 6.45) is 0.323. The average Bonchev–Trinajstić information content (AvgIpc) is 2.80. The molecule has 0 bridgehead atoms. The molecule has 0 aromatic heterocycles. The number of esters is 1. The van der Waals surface area contributed by atoms with E-state index in [1.807, 2.05) is 0 Å². The van der Waals surface area contributed by atoms with Gasteiger partial charge < -0.3 is 20.1 Å². The summed E-state index contributed by atoms with van der Waals surface area (Å²) in [5.74, 6) is -1.59. The molecular weight excluding hydrogens is 523 g/mol. The smallest absolute Gasteiger partial charge is 0.408 e. The lowest BCUT2D eigenvalue weighted by Gasteiger charge is -2.28. The fourth-order valence-electron chi connectivity index (χ4n) is 3.71. The second-order valence-electron chi connectivity index (χ2n) is 12.0. The van der Waals surface area contributed by atoms with Gasteiger partial charge in [0.15, 0.2) is 0 Å². The van der Waals surface area contributed by atoms with Gasteiger partial charge in [0, 0.05) is 0 Å². The van der Waals surface area contributed by atoms with Crippen LogP contribution in [0.15, 0.2) is 42.5 Å². The molecule has 2 aromatic carbocycles. The number of amides is 2. The lowest BCUT2D eigenvalue weighted by molar-refractivity contribution is -0.124. The molecule has 0 heterocycles. The van der Waals surface area contributed by atoms with E-state index in [9.17, 15) is 18.8 Å². The van der Waals surface area contributed by atoms with Crippen molar-refractivity contribution in [3.8, 4) is 0 Å². The van der Waals surface area contributed by atoms with Crippen LogP contribution in [0.4, 0.5) is 9.18 Å². The Kier molecular flexibility index (Phi) is 10.9. The fourth-order valence-corrected chi connectivity index (χ4v) is 3.89. The van der Waals surface area contributed by atoms with Crippen LogP contribution in [-0.4, -0.2) is 29.7 Å². The number of alkyl carbamates (subject to hydrolysis) is 1. The monoisotopic (exact) mass is 562 g/mol. The number of hydrogen-bond acceptors (Lipinski definition) is 5. The first-order chi connectivity index (χ1) is 17.9. The molecule has 0 aliphatic carbocycles. The van der Waals surface area contributed by atoms with Crippen LogP contribution in [0.25, 0.3) is 0 Å². The highest BCUT2D eigenvalue weighted by Crippen LogP contribution is 2.29. The highest BCUT2D eigenvalue weighted by Gasteiger charge is 2.29. The average molecular weight is 563 g/mol. The van der Waals surface area contributed by atoms with Crippen molar-refractivity contribution in [2.75, 3.05) is 0 Å². The van der Waals surface area contributed by atoms with Crippen molar-refractivity contribution in [3.63, 3.8) is 0 Å². The first-order valence-corrected chi connectivity index (χ1v) is 13.4. The third kappa shape index (κ3) is 10.9. The number of nitrogens with one attached hydrogen (secondary N) is 2. The van der Waals surface area contributed by atoms with Gasteiger partial charge in [-0.2, -0.15) is 0 Å². The Balaban J connectivity index is 2.38. The van der Waals surface area contributed by atoms with E-state index in [4.69, 9.17) is 21.1 Å². The lowest BCUT2D eigenvalue weighted by Crippen LogP contribution is -2.43. The Morgan fingerprint density at radius 2 is 1.51 bits per heavy atom. The second-order valence-corrected chi connectivity index (χ2v) is 12.4. The van der Waals surface area contributed by atoms with E-state index in [2.05, 4.69) is 31.4 Å². The molecule has 39 heavy (non-hydrogen) atoms. The molecular formula is C30H40ClFN2O5. The van der Waals surface area contributed by atoms with Gasteiger partial charge >= 0.3 is 12.1 Å². The number of hydrogen-bond donors (Lipinski definition) is 2. The number of benzene rings is 2. The van der Waals surface area contributed by atoms with Crippen molar-refractivity contribution < 1.29 is 28.2 Å². The maximum absolute atomic E-state index is 13.9. The van der Waals surface area contributed by atoms with Crippen LogP contribution in [0.2, 0.25) is 5.02 Å². The first-order valence-electron chi connectivity index (χ1n) is 13.0. The van der Waals surface area contributed by atoms with E-state index in [1.165, 1.54) is 12.1 Å². The van der Waals surface area contributed by atoms with Crippen LogP contribution in [0.5, 0.6) is 0 Å². The first kappa shape index (κ1) is 32.1. The van der Waals surface area contributed by atoms with Gasteiger partial charge in [0.1, 0.15) is 17.5 Å². The third-order valence-electron chi connectivity index (χ3n) is 5.59. The summed E-state index contributed by atoms with van der Waals surface area (Å²) < 4.78 is 24.5. The topological polar surface area (TPSA) is 93.7 Å². The van der Waals surface area contributed by atoms with E-state index in [1.54, 1.807) is 58.9 Å². The number of ether oxygens (including phenoxy) is 2. The van der Waals surface area contributed by atoms with Crippen molar-refractivity contribution in [1.82, 2.24) is 10.6 Å². The van der Waals surface area contributed by atoms with Gasteiger partial charge in [0.2, 0.25) is 5.91 Å². The summed E-state index contributed by atoms with van der Waals surface area (Å²) in [4.78, 5) is 38.6. The fraction of sp³-hybridized carbons (Fsp3) is 0.500. The van der Waals surface area contributed by atoms with E-state index in [0.29, 0.717) is 17.5 Å². The van der Waals surface area contributed by atoms with E-state index in [-0.39, 0.29) is 16.5 Å². The maximum Gasteiger partial charge on any atom is 0.408 e. The number of halogens is 2. The molecule has 0 saturated heterocycles. The molecule has 2 rings (SSSR count). The number of carbonyl (C=O) groups excluding carboxylic acids is 3. The molecule has 2 atom stereocenters. The molecule has 2 aromatic rings. The Bertz CT molecular complexity index is 1150. The van der Waals surface area contributed by atoms with Gasteiger partial charge in [0.05, 0.1) is 22.7 Å². The highest BCUT2D eigenvalue weighted by atomic mass is 35.5. The highest BCUT2D eigenvalue weighted by molar-refractivity contribution is 6.30. The van der Waals surface area contributed by atoms with E-state index < -0.39 is 41.5 Å². The molecule has 0 radical (unpaired) electrons. The predicted octanol–water partition coefficient (Wildman–Crippen LogP) is 7.29. The zero-order chi connectivity index (χ0) is 29.5. The van der Waals surface area contributed by atoms with Crippen molar-refractivity contribution in [3.05, 3.63) is 70.0 Å². The lowest BCUT2D eigenvalue weighted by atomic mass is 9.87. The minimum atomic E-state index is -1.20. The standard InChI is InChI=1S/C30H40ClFN2O5/c1-18(2)38-27(36)20-11-9-19(10-12-20)24(15-16-29(3,4)5)33-26(35)25(34-28(37)39-30(6,7)8)21-13-14-23(32)22(31)17-21/h9-14,17-18,24-25H,15-16H2,1-8H3,(H,33,35)(H,34,37)/t24-,25?/m1/s1. The van der Waals surface area contributed by atoms with Gasteiger partial charge in [-0.3, -0.25) is 4.79 Å². The molecule has 2 amide bonds. The summed E-state index contributed by atoms with van der Waals surface area (Å²) in [5.41, 5.74) is 0.675. The van der Waals surface area contributed by atoms with Crippen molar-refractivity contribution in [2.24, 2.45) is 5.41 Å². The molecule has 0 fully saturated rings. The molecule has 0 aliphatic rings. The normalized spacial score (nSPS) is 13.4. The zero-order valence-corrected chi connectivity index (χ0v) is 24.7. The molecule has 7 nitrogen and oxygen atoms in total. The van der Waals surface area contributed by atoms with Gasteiger partial charge in [-0.05, 0) is 88.3 Å². The summed E-state index contributed by atoms with van der Waals surface area (Å²) in [6.45, 7) is 15.0. The predicted molar refractivity (Wildman–Crippen MR) is 150 cm³/mol. The van der Waals surface area contributed by atoms with E-state index >= 15 is 0 Å². The van der Waals surface area contributed by atoms with Gasteiger partial charge in [-0.15, -0.1) is 0 Å². The van der Waals surface area contributed by atoms with Crippen LogP contribution in [0.3, 0.4) is 0 Å². The molecule has 214 valence electrons.